The average Bonchev–Trinajstić information content (AvgIpc) is 1.33. The Morgan fingerprint density at radius 3 is 1.40 bits per heavy atom. The van der Waals surface area contributed by atoms with Gasteiger partial charge in [-0.2, -0.15) is 0 Å². The van der Waals surface area contributed by atoms with Gasteiger partial charge in [0.15, 0.2) is 0 Å². The van der Waals surface area contributed by atoms with Crippen molar-refractivity contribution < 1.29 is 24.0 Å². The van der Waals surface area contributed by atoms with E-state index >= 15 is 0 Å². The number of rotatable bonds is 0. The van der Waals surface area contributed by atoms with Gasteiger partial charge >= 0.3 is 0 Å². The molecule has 0 aliphatic carbocycles. The predicted octanol–water partition coefficient (Wildman–Crippen LogP) is 0.606. The molecule has 0 aliphatic rings. The van der Waals surface area contributed by atoms with Gasteiger partial charge in [-0.1, -0.05) is 13.2 Å². The number of carboxylic acid groups (broad SMARTS) is 1. The molecule has 0 saturated heterocycles. The van der Waals surface area contributed by atoms with E-state index in [2.05, 4.69) is 14.8 Å². The van der Waals surface area contributed by atoms with E-state index in [0.717, 1.165) is 6.92 Å². The molecule has 0 radical (unpaired) electrons. The summed E-state index contributed by atoms with van der Waals surface area (Å²) in [5.41, 5.74) is 0. The summed E-state index contributed by atoms with van der Waals surface area (Å²) in [4.78, 5) is 9.00. The topological polar surface area (TPSA) is 37.3 Å². The van der Waals surface area contributed by atoms with Crippen molar-refractivity contribution >= 4 is 13.8 Å². The van der Waals surface area contributed by atoms with Crippen molar-refractivity contribution in [2.75, 3.05) is 0 Å². The Bertz CT molecular complexity index is 49.8. The van der Waals surface area contributed by atoms with Gasteiger partial charge in [-0.05, 0) is 0 Å². The van der Waals surface area contributed by atoms with Crippen LogP contribution in [0.4, 0.5) is 14.1 Å². The van der Waals surface area contributed by atoms with Crippen molar-refractivity contribution in [2.45, 2.75) is 20.2 Å². The quantitative estimate of drug-likeness (QED) is 0.529. The number of hydrogen-bond acceptors (Lipinski definition) is 1. The number of carboxylic acids is 1. The van der Waals surface area contributed by atoms with E-state index in [1.54, 1.807) is 0 Å². The van der Waals surface area contributed by atoms with Crippen LogP contribution in [0.25, 0.3) is 0 Å². The maximum absolute atomic E-state index is 9.00. The monoisotopic (exact) mass is 162 g/mol. The van der Waals surface area contributed by atoms with Crippen molar-refractivity contribution in [1.82, 2.24) is 0 Å². The minimum atomic E-state index is -0.833. The highest BCUT2D eigenvalue weighted by Crippen LogP contribution is 1.49. The first-order chi connectivity index (χ1) is 3.15. The second-order valence-electron chi connectivity index (χ2n) is 1.23. The molecule has 2 nitrogen and oxygen atoms in total. The van der Waals surface area contributed by atoms with Crippen LogP contribution in [0, 0.1) is 0 Å². The third kappa shape index (κ3) is 643. The molecule has 0 bridgehead atoms. The van der Waals surface area contributed by atoms with E-state index in [1.807, 2.05) is 0 Å². The van der Waals surface area contributed by atoms with E-state index in [9.17, 15) is 0 Å². The van der Waals surface area contributed by atoms with Gasteiger partial charge in [0.2, 0.25) is 0 Å². The lowest BCUT2D eigenvalue weighted by Gasteiger charge is -1.59. The van der Waals surface area contributed by atoms with Gasteiger partial charge in [-0.15, -0.1) is 0 Å². The second-order valence-corrected chi connectivity index (χ2v) is 1.23. The molecule has 0 aromatic heterocycles. The van der Waals surface area contributed by atoms with Crippen LogP contribution in [0.15, 0.2) is 0 Å². The average molecular weight is 162 g/mol. The van der Waals surface area contributed by atoms with E-state index in [-0.39, 0.29) is 14.1 Å². The number of hydrogen-bond donors (Lipinski definition) is 1. The number of aliphatic carboxylic acids is 1. The van der Waals surface area contributed by atoms with Crippen molar-refractivity contribution in [2.24, 2.45) is 0 Å². The Morgan fingerprint density at radius 2 is 1.40 bits per heavy atom. The van der Waals surface area contributed by atoms with E-state index in [1.165, 1.54) is 6.32 Å². The van der Waals surface area contributed by atoms with Gasteiger partial charge in [0, 0.05) is 6.92 Å². The molecule has 0 aliphatic heterocycles. The Balaban J connectivity index is -0.0000000131. The molecule has 0 aromatic rings. The number of halogens is 3. The highest BCUT2D eigenvalue weighted by Gasteiger charge is 1.65. The first-order valence-corrected chi connectivity index (χ1v) is 2.34. The molecule has 10 heavy (non-hydrogen) atoms. The zero-order chi connectivity index (χ0) is 6.28. The molecule has 0 atom stereocenters. The summed E-state index contributed by atoms with van der Waals surface area (Å²) in [7, 11) is 2.12. The number of carbonyl (C=O) groups is 1. The zero-order valence-electron chi connectivity index (χ0n) is 6.29. The van der Waals surface area contributed by atoms with Crippen LogP contribution in [0.3, 0.4) is 0 Å². The fourth-order valence-corrected chi connectivity index (χ4v) is 0. The molecule has 0 amide bonds. The van der Waals surface area contributed by atoms with Gasteiger partial charge in [-0.3, -0.25) is 18.9 Å². The Kier molecular flexibility index (Phi) is 140. The molecule has 0 fully saturated rings. The summed E-state index contributed by atoms with van der Waals surface area (Å²) in [6.07, 6.45) is 1.25. The molecular formula is C4H14BF3O2. The van der Waals surface area contributed by atoms with Gasteiger partial charge in [-0.25, -0.2) is 0 Å². The standard InChI is InChI=1S/C2H7B.C2H4O2.3FH/c1-2-3;1-2(3)4;;;/h2-3H2,1H3;1H3,(H,3,4);3*1H. The lowest BCUT2D eigenvalue weighted by atomic mass is 10.1. The lowest BCUT2D eigenvalue weighted by molar-refractivity contribution is -0.134. The molecule has 66 valence electrons. The van der Waals surface area contributed by atoms with E-state index in [4.69, 9.17) is 9.90 Å². The summed E-state index contributed by atoms with van der Waals surface area (Å²) in [5, 5.41) is 7.42. The fraction of sp³-hybridized carbons (Fsp3) is 0.750. The zero-order valence-corrected chi connectivity index (χ0v) is 6.29. The molecular weight excluding hydrogens is 148 g/mol. The van der Waals surface area contributed by atoms with Crippen molar-refractivity contribution in [3.8, 4) is 0 Å². The van der Waals surface area contributed by atoms with Crippen LogP contribution in [0.1, 0.15) is 13.8 Å². The van der Waals surface area contributed by atoms with Crippen LogP contribution in [0.5, 0.6) is 0 Å². The summed E-state index contributed by atoms with van der Waals surface area (Å²) in [6, 6.07) is 0. The lowest BCUT2D eigenvalue weighted by Crippen LogP contribution is -1.78. The Morgan fingerprint density at radius 1 is 1.40 bits per heavy atom. The third-order valence-corrected chi connectivity index (χ3v) is 0. The molecule has 0 rings (SSSR count). The minimum Gasteiger partial charge on any atom is -0.481 e. The largest absolute Gasteiger partial charge is 0.481 e. The van der Waals surface area contributed by atoms with Crippen LogP contribution in [0.2, 0.25) is 6.32 Å². The van der Waals surface area contributed by atoms with Crippen LogP contribution < -0.4 is 0 Å². The Hall–Kier alpha value is -0.675. The van der Waals surface area contributed by atoms with Gasteiger partial charge in [0.25, 0.3) is 5.97 Å². The molecule has 1 N–H and O–H groups in total. The van der Waals surface area contributed by atoms with Crippen molar-refractivity contribution in [3.63, 3.8) is 0 Å². The Labute approximate surface area is 59.1 Å². The normalized spacial score (nSPS) is 4.20. The van der Waals surface area contributed by atoms with Crippen molar-refractivity contribution in [3.05, 3.63) is 0 Å². The molecule has 0 aromatic carbocycles. The van der Waals surface area contributed by atoms with E-state index < -0.39 is 5.97 Å². The SMILES string of the molecule is BCC.CC(=O)O.F.F.F. The van der Waals surface area contributed by atoms with Gasteiger partial charge in [0.05, 0.1) is 0 Å². The highest BCUT2D eigenvalue weighted by molar-refractivity contribution is 6.08. The highest BCUT2D eigenvalue weighted by atomic mass is 19.0. The molecule has 0 heterocycles. The molecule has 0 spiro atoms. The maximum Gasteiger partial charge on any atom is 0.300 e. The fourth-order valence-electron chi connectivity index (χ4n) is 0. The maximum atomic E-state index is 9.00. The molecule has 0 saturated carbocycles. The molecule has 0 unspecified atom stereocenters. The summed E-state index contributed by atoms with van der Waals surface area (Å²) in [6.45, 7) is 3.21. The molecule has 6 heteroatoms. The van der Waals surface area contributed by atoms with Crippen LogP contribution >= 0.6 is 0 Å². The van der Waals surface area contributed by atoms with Crippen LogP contribution in [-0.2, 0) is 4.79 Å². The van der Waals surface area contributed by atoms with Crippen molar-refractivity contribution in [1.29, 1.82) is 0 Å². The predicted molar refractivity (Wildman–Crippen MR) is 39.8 cm³/mol. The third-order valence-electron chi connectivity index (χ3n) is 0. The summed E-state index contributed by atoms with van der Waals surface area (Å²) in [5.74, 6) is -0.833. The van der Waals surface area contributed by atoms with Gasteiger partial charge < -0.3 is 5.11 Å². The first kappa shape index (κ1) is 34.6. The minimum absolute atomic E-state index is 0. The summed E-state index contributed by atoms with van der Waals surface area (Å²) < 4.78 is 0. The van der Waals surface area contributed by atoms with Crippen LogP contribution in [-0.4, -0.2) is 18.9 Å². The first-order valence-electron chi connectivity index (χ1n) is 2.34. The van der Waals surface area contributed by atoms with E-state index in [0.29, 0.717) is 0 Å². The second kappa shape index (κ2) is 40.4. The summed E-state index contributed by atoms with van der Waals surface area (Å²) >= 11 is 0. The van der Waals surface area contributed by atoms with Gasteiger partial charge in [0.1, 0.15) is 7.85 Å². The smallest absolute Gasteiger partial charge is 0.300 e.